The number of rotatable bonds is 6. The highest BCUT2D eigenvalue weighted by molar-refractivity contribution is 6.33. The van der Waals surface area contributed by atoms with Gasteiger partial charge in [0.2, 0.25) is 11.7 Å². The van der Waals surface area contributed by atoms with Crippen LogP contribution in [0.25, 0.3) is 11.4 Å². The zero-order chi connectivity index (χ0) is 20.1. The van der Waals surface area contributed by atoms with E-state index in [1.54, 1.807) is 6.07 Å². The Morgan fingerprint density at radius 2 is 1.48 bits per heavy atom. The quantitative estimate of drug-likeness (QED) is 0.530. The van der Waals surface area contributed by atoms with Crippen molar-refractivity contribution in [3.63, 3.8) is 0 Å². The molecule has 0 unspecified atom stereocenters. The van der Waals surface area contributed by atoms with Gasteiger partial charge >= 0.3 is 0 Å². The number of nitrogens with one attached hydrogen (secondary N) is 1. The van der Waals surface area contributed by atoms with Gasteiger partial charge in [0.1, 0.15) is 6.54 Å². The Morgan fingerprint density at radius 1 is 0.897 bits per heavy atom. The molecule has 0 bridgehead atoms. The summed E-state index contributed by atoms with van der Waals surface area (Å²) in [4.78, 5) is 14.0. The number of tetrazole rings is 1. The summed E-state index contributed by atoms with van der Waals surface area (Å²) in [6, 6.07) is 26.6. The predicted molar refractivity (Wildman–Crippen MR) is 111 cm³/mol. The lowest BCUT2D eigenvalue weighted by molar-refractivity contribution is -0.122. The second kappa shape index (κ2) is 8.67. The molecule has 0 spiro atoms. The molecule has 0 saturated carbocycles. The molecule has 7 heteroatoms. The van der Waals surface area contributed by atoms with Gasteiger partial charge in [-0.25, -0.2) is 0 Å². The number of carbonyl (C=O) groups excluding carboxylic acids is 1. The van der Waals surface area contributed by atoms with Crippen molar-refractivity contribution in [3.05, 3.63) is 101 Å². The van der Waals surface area contributed by atoms with E-state index in [9.17, 15) is 4.79 Å². The standard InChI is InChI=1S/C22H18ClN5O/c23-19-14-8-7-13-18(19)22-25-27-28(26-22)15-20(29)24-21(16-9-3-1-4-10-16)17-11-5-2-6-12-17/h1-14,21H,15H2,(H,24,29). The van der Waals surface area contributed by atoms with Crippen LogP contribution in [0.4, 0.5) is 0 Å². The summed E-state index contributed by atoms with van der Waals surface area (Å²) in [6.45, 7) is -0.0480. The zero-order valence-electron chi connectivity index (χ0n) is 15.4. The minimum Gasteiger partial charge on any atom is -0.344 e. The molecule has 144 valence electrons. The lowest BCUT2D eigenvalue weighted by atomic mass is 9.99. The number of benzene rings is 3. The molecule has 4 rings (SSSR count). The Morgan fingerprint density at radius 3 is 2.10 bits per heavy atom. The number of aromatic nitrogens is 4. The van der Waals surface area contributed by atoms with Crippen LogP contribution < -0.4 is 5.32 Å². The van der Waals surface area contributed by atoms with E-state index >= 15 is 0 Å². The van der Waals surface area contributed by atoms with Crippen LogP contribution in [-0.2, 0) is 11.3 Å². The summed E-state index contributed by atoms with van der Waals surface area (Å²) in [5, 5.41) is 15.9. The van der Waals surface area contributed by atoms with E-state index in [2.05, 4.69) is 20.7 Å². The van der Waals surface area contributed by atoms with Crippen molar-refractivity contribution in [1.82, 2.24) is 25.5 Å². The second-order valence-corrected chi connectivity index (χ2v) is 6.85. The normalized spacial score (nSPS) is 10.8. The molecule has 1 N–H and O–H groups in total. The van der Waals surface area contributed by atoms with Crippen LogP contribution in [-0.4, -0.2) is 26.1 Å². The SMILES string of the molecule is O=C(Cn1nnc(-c2ccccc2Cl)n1)NC(c1ccccc1)c1ccccc1. The van der Waals surface area contributed by atoms with Crippen molar-refractivity contribution in [2.24, 2.45) is 0 Å². The highest BCUT2D eigenvalue weighted by Gasteiger charge is 2.18. The summed E-state index contributed by atoms with van der Waals surface area (Å²) in [7, 11) is 0. The second-order valence-electron chi connectivity index (χ2n) is 6.45. The molecule has 29 heavy (non-hydrogen) atoms. The highest BCUT2D eigenvalue weighted by atomic mass is 35.5. The van der Waals surface area contributed by atoms with E-state index in [0.29, 0.717) is 16.4 Å². The van der Waals surface area contributed by atoms with E-state index in [1.807, 2.05) is 78.9 Å². The maximum absolute atomic E-state index is 12.7. The molecular weight excluding hydrogens is 386 g/mol. The van der Waals surface area contributed by atoms with Crippen molar-refractivity contribution in [3.8, 4) is 11.4 Å². The molecule has 0 atom stereocenters. The van der Waals surface area contributed by atoms with Crippen molar-refractivity contribution in [2.75, 3.05) is 0 Å². The molecule has 1 amide bonds. The molecule has 6 nitrogen and oxygen atoms in total. The molecular formula is C22H18ClN5O. The fraction of sp³-hybridized carbons (Fsp3) is 0.0909. The third kappa shape index (κ3) is 4.50. The number of carbonyl (C=O) groups is 1. The first-order valence-electron chi connectivity index (χ1n) is 9.12. The van der Waals surface area contributed by atoms with Crippen LogP contribution in [0.1, 0.15) is 17.2 Å². The van der Waals surface area contributed by atoms with Gasteiger partial charge in [-0.2, -0.15) is 4.80 Å². The van der Waals surface area contributed by atoms with E-state index in [0.717, 1.165) is 11.1 Å². The van der Waals surface area contributed by atoms with Crippen LogP contribution >= 0.6 is 11.6 Å². The summed E-state index contributed by atoms with van der Waals surface area (Å²) >= 11 is 6.18. The highest BCUT2D eigenvalue weighted by Crippen LogP contribution is 2.24. The minimum absolute atomic E-state index is 0.0480. The van der Waals surface area contributed by atoms with Gasteiger partial charge in [0.15, 0.2) is 0 Å². The summed E-state index contributed by atoms with van der Waals surface area (Å²) in [5.74, 6) is 0.164. The molecule has 0 saturated heterocycles. The number of hydrogen-bond acceptors (Lipinski definition) is 4. The van der Waals surface area contributed by atoms with Gasteiger partial charge in [0.05, 0.1) is 11.1 Å². The molecule has 1 aromatic heterocycles. The van der Waals surface area contributed by atoms with Gasteiger partial charge in [-0.3, -0.25) is 4.79 Å². The Hall–Kier alpha value is -3.51. The molecule has 0 fully saturated rings. The van der Waals surface area contributed by atoms with Crippen molar-refractivity contribution >= 4 is 17.5 Å². The topological polar surface area (TPSA) is 72.7 Å². The molecule has 0 aliphatic rings. The average molecular weight is 404 g/mol. The largest absolute Gasteiger partial charge is 0.344 e. The molecule has 3 aromatic carbocycles. The fourth-order valence-electron chi connectivity index (χ4n) is 3.05. The first-order valence-corrected chi connectivity index (χ1v) is 9.50. The lowest BCUT2D eigenvalue weighted by Crippen LogP contribution is -2.32. The van der Waals surface area contributed by atoms with Crippen molar-refractivity contribution in [2.45, 2.75) is 12.6 Å². The molecule has 4 aromatic rings. The zero-order valence-corrected chi connectivity index (χ0v) is 16.2. The van der Waals surface area contributed by atoms with Crippen molar-refractivity contribution in [1.29, 1.82) is 0 Å². The lowest BCUT2D eigenvalue weighted by Gasteiger charge is -2.19. The van der Waals surface area contributed by atoms with Crippen LogP contribution in [0.3, 0.4) is 0 Å². The van der Waals surface area contributed by atoms with Gasteiger partial charge in [0.25, 0.3) is 0 Å². The van der Waals surface area contributed by atoms with Gasteiger partial charge < -0.3 is 5.32 Å². The summed E-state index contributed by atoms with van der Waals surface area (Å²) in [6.07, 6.45) is 0. The number of halogens is 1. The number of amides is 1. The van der Waals surface area contributed by atoms with Crippen molar-refractivity contribution < 1.29 is 4.79 Å². The smallest absolute Gasteiger partial charge is 0.244 e. The maximum Gasteiger partial charge on any atom is 0.244 e. The molecule has 0 aliphatic heterocycles. The van der Waals surface area contributed by atoms with Crippen LogP contribution in [0.15, 0.2) is 84.9 Å². The monoisotopic (exact) mass is 403 g/mol. The van der Waals surface area contributed by atoms with Gasteiger partial charge in [-0.15, -0.1) is 10.2 Å². The minimum atomic E-state index is -0.267. The first kappa shape index (κ1) is 18.8. The van der Waals surface area contributed by atoms with E-state index < -0.39 is 0 Å². The summed E-state index contributed by atoms with van der Waals surface area (Å²) in [5.41, 5.74) is 2.66. The Kier molecular flexibility index (Phi) is 5.63. The Labute approximate surface area is 173 Å². The predicted octanol–water partition coefficient (Wildman–Crippen LogP) is 3.90. The average Bonchev–Trinajstić information content (AvgIpc) is 3.21. The third-order valence-electron chi connectivity index (χ3n) is 4.42. The third-order valence-corrected chi connectivity index (χ3v) is 4.75. The van der Waals surface area contributed by atoms with E-state index in [4.69, 9.17) is 11.6 Å². The summed E-state index contributed by atoms with van der Waals surface area (Å²) < 4.78 is 0. The molecule has 0 radical (unpaired) electrons. The fourth-order valence-corrected chi connectivity index (χ4v) is 3.27. The maximum atomic E-state index is 12.7. The number of nitrogens with zero attached hydrogens (tertiary/aromatic N) is 4. The van der Waals surface area contributed by atoms with Crippen LogP contribution in [0, 0.1) is 0 Å². The van der Waals surface area contributed by atoms with Crippen LogP contribution in [0.5, 0.6) is 0 Å². The van der Waals surface area contributed by atoms with Gasteiger partial charge in [-0.05, 0) is 28.5 Å². The van der Waals surface area contributed by atoms with Gasteiger partial charge in [-0.1, -0.05) is 84.4 Å². The van der Waals surface area contributed by atoms with Crippen LogP contribution in [0.2, 0.25) is 5.02 Å². The first-order chi connectivity index (χ1) is 14.2. The number of hydrogen-bond donors (Lipinski definition) is 1. The van der Waals surface area contributed by atoms with E-state index in [-0.39, 0.29) is 18.5 Å². The Bertz CT molecular complexity index is 1060. The Balaban J connectivity index is 1.51. The molecule has 0 aliphatic carbocycles. The van der Waals surface area contributed by atoms with Gasteiger partial charge in [0, 0.05) is 5.56 Å². The van der Waals surface area contributed by atoms with E-state index in [1.165, 1.54) is 4.80 Å². The molecule has 1 heterocycles.